The van der Waals surface area contributed by atoms with Crippen LogP contribution >= 0.6 is 11.6 Å². The van der Waals surface area contributed by atoms with Crippen LogP contribution in [-0.2, 0) is 11.0 Å². The van der Waals surface area contributed by atoms with Crippen molar-refractivity contribution in [3.63, 3.8) is 0 Å². The van der Waals surface area contributed by atoms with Gasteiger partial charge in [-0.2, -0.15) is 13.2 Å². The zero-order valence-electron chi connectivity index (χ0n) is 19.4. The van der Waals surface area contributed by atoms with E-state index in [1.165, 1.54) is 0 Å². The molecule has 1 N–H and O–H groups in total. The van der Waals surface area contributed by atoms with Crippen molar-refractivity contribution in [1.82, 2.24) is 0 Å². The minimum Gasteiger partial charge on any atom is -0.320 e. The Morgan fingerprint density at radius 1 is 0.944 bits per heavy atom. The third-order valence-electron chi connectivity index (χ3n) is 8.36. The summed E-state index contributed by atoms with van der Waals surface area (Å²) in [7, 11) is 0. The van der Waals surface area contributed by atoms with Gasteiger partial charge in [-0.25, -0.2) is 17.6 Å². The number of hydrogen-bond acceptors (Lipinski definition) is 1. The van der Waals surface area contributed by atoms with Crippen LogP contribution in [0.1, 0.15) is 63.0 Å². The number of anilines is 1. The van der Waals surface area contributed by atoms with E-state index in [9.17, 15) is 35.5 Å². The second-order valence-electron chi connectivity index (χ2n) is 11.5. The fourth-order valence-corrected chi connectivity index (χ4v) is 8.29. The molecule has 0 aliphatic heterocycles. The second kappa shape index (κ2) is 7.85. The van der Waals surface area contributed by atoms with Gasteiger partial charge in [-0.1, -0.05) is 37.6 Å². The van der Waals surface area contributed by atoms with Crippen LogP contribution in [0.4, 0.5) is 36.4 Å². The van der Waals surface area contributed by atoms with Gasteiger partial charge in [0.25, 0.3) is 0 Å². The molecule has 0 aromatic heterocycles. The summed E-state index contributed by atoms with van der Waals surface area (Å²) >= 11 is 6.22. The highest BCUT2D eigenvalue weighted by Crippen LogP contribution is 2.74. The van der Waals surface area contributed by atoms with Crippen LogP contribution in [0.25, 0.3) is 0 Å². The maximum atomic E-state index is 14.7. The fraction of sp³-hybridized carbons (Fsp3) is 0.500. The van der Waals surface area contributed by atoms with Crippen molar-refractivity contribution in [3.05, 3.63) is 63.7 Å². The normalized spacial score (nSPS) is 33.2. The third-order valence-corrected chi connectivity index (χ3v) is 8.60. The van der Waals surface area contributed by atoms with Crippen molar-refractivity contribution >= 4 is 23.2 Å². The number of alkyl halides is 3. The van der Waals surface area contributed by atoms with Gasteiger partial charge >= 0.3 is 6.18 Å². The van der Waals surface area contributed by atoms with Gasteiger partial charge in [0.2, 0.25) is 5.91 Å². The molecule has 2 aromatic carbocycles. The average Bonchev–Trinajstić information content (AvgIpc) is 2.72. The predicted molar refractivity (Wildman–Crippen MR) is 119 cm³/mol. The summed E-state index contributed by atoms with van der Waals surface area (Å²) in [6.45, 7) is 4.09. The average molecular weight is 534 g/mol. The number of carbonyl (C=O) groups excluding carboxylic acids is 1. The quantitative estimate of drug-likeness (QED) is 0.312. The lowest BCUT2D eigenvalue weighted by molar-refractivity contribution is -0.174. The van der Waals surface area contributed by atoms with E-state index < -0.39 is 57.9 Å². The van der Waals surface area contributed by atoms with Gasteiger partial charge in [-0.3, -0.25) is 4.79 Å². The molecule has 4 saturated carbocycles. The summed E-state index contributed by atoms with van der Waals surface area (Å²) in [5.74, 6) is -11.0. The lowest BCUT2D eigenvalue weighted by Gasteiger charge is -2.68. The first-order valence-corrected chi connectivity index (χ1v) is 12.0. The van der Waals surface area contributed by atoms with E-state index in [1.54, 1.807) is 18.2 Å². The third kappa shape index (κ3) is 3.72. The maximum absolute atomic E-state index is 14.7. The zero-order valence-corrected chi connectivity index (χ0v) is 20.2. The second-order valence-corrected chi connectivity index (χ2v) is 11.9. The predicted octanol–water partition coefficient (Wildman–Crippen LogP) is 8.24. The molecule has 4 aliphatic rings. The van der Waals surface area contributed by atoms with Crippen LogP contribution in [0.5, 0.6) is 0 Å². The van der Waals surface area contributed by atoms with E-state index in [-0.39, 0.29) is 16.7 Å². The maximum Gasteiger partial charge on any atom is 0.422 e. The molecule has 5 atom stereocenters. The van der Waals surface area contributed by atoms with Crippen molar-refractivity contribution in [2.45, 2.75) is 58.0 Å². The van der Waals surface area contributed by atoms with Crippen LogP contribution < -0.4 is 5.32 Å². The molecule has 1 amide bonds. The van der Waals surface area contributed by atoms with Crippen LogP contribution in [0, 0.1) is 45.4 Å². The van der Waals surface area contributed by atoms with Gasteiger partial charge < -0.3 is 5.32 Å². The fourth-order valence-electron chi connectivity index (χ4n) is 8.10. The summed E-state index contributed by atoms with van der Waals surface area (Å²) in [6.07, 6.45) is -2.48. The number of hydrogen-bond donors (Lipinski definition) is 1. The molecular weight excluding hydrogens is 511 g/mol. The zero-order chi connectivity index (χ0) is 26.4. The molecule has 2 nitrogen and oxygen atoms in total. The molecule has 6 rings (SSSR count). The lowest BCUT2D eigenvalue weighted by Crippen LogP contribution is -2.62. The Hall–Kier alpha value is -2.29. The highest BCUT2D eigenvalue weighted by Gasteiger charge is 2.67. The Balaban J connectivity index is 1.62. The number of rotatable bonds is 3. The van der Waals surface area contributed by atoms with Gasteiger partial charge in [0.05, 0.1) is 5.41 Å². The Morgan fingerprint density at radius 3 is 2.00 bits per heavy atom. The molecule has 4 aliphatic carbocycles. The standard InChI is InChI=1S/C26H23ClF7NO/c1-23-7-13-8-24(2,9-23)11-25(10-23,15(13)12-4-3-5-14(27)6-12)22(36)35-21-19(30)17(28)16(26(32,33)34)18(29)20(21)31/h3-6,13,15H,7-11H2,1-2H3,(H,35,36)/t13?,15-,23-,24+,25?/m0/s1. The molecule has 2 unspecified atom stereocenters. The molecule has 194 valence electrons. The van der Waals surface area contributed by atoms with Crippen LogP contribution in [-0.4, -0.2) is 5.91 Å². The van der Waals surface area contributed by atoms with Gasteiger partial charge in [0.15, 0.2) is 23.3 Å². The monoisotopic (exact) mass is 533 g/mol. The van der Waals surface area contributed by atoms with E-state index in [0.29, 0.717) is 17.9 Å². The summed E-state index contributed by atoms with van der Waals surface area (Å²) in [5.41, 5.74) is -5.19. The molecule has 4 fully saturated rings. The minimum absolute atomic E-state index is 0.0382. The number of carbonyl (C=O) groups is 1. The minimum atomic E-state index is -5.67. The molecule has 0 spiro atoms. The topological polar surface area (TPSA) is 29.1 Å². The van der Waals surface area contributed by atoms with Gasteiger partial charge in [0.1, 0.15) is 11.3 Å². The molecule has 36 heavy (non-hydrogen) atoms. The number of halogens is 8. The van der Waals surface area contributed by atoms with E-state index >= 15 is 0 Å². The molecule has 0 radical (unpaired) electrons. The molecular formula is C26H23ClF7NO. The van der Waals surface area contributed by atoms with Crippen LogP contribution in [0.2, 0.25) is 5.02 Å². The van der Waals surface area contributed by atoms with Crippen LogP contribution in [0.15, 0.2) is 24.3 Å². The van der Waals surface area contributed by atoms with E-state index in [0.717, 1.165) is 24.8 Å². The number of benzene rings is 2. The first kappa shape index (κ1) is 25.4. The molecule has 0 heterocycles. The summed E-state index contributed by atoms with van der Waals surface area (Å²) in [4.78, 5) is 13.9. The number of nitrogens with one attached hydrogen (secondary N) is 1. The largest absolute Gasteiger partial charge is 0.422 e. The molecule has 4 bridgehead atoms. The first-order valence-electron chi connectivity index (χ1n) is 11.6. The van der Waals surface area contributed by atoms with Crippen molar-refractivity contribution in [2.75, 3.05) is 5.32 Å². The van der Waals surface area contributed by atoms with E-state index in [1.807, 2.05) is 25.2 Å². The van der Waals surface area contributed by atoms with Crippen molar-refractivity contribution < 1.29 is 35.5 Å². The first-order chi connectivity index (χ1) is 16.6. The highest BCUT2D eigenvalue weighted by molar-refractivity contribution is 6.30. The summed E-state index contributed by atoms with van der Waals surface area (Å²) < 4.78 is 96.9. The van der Waals surface area contributed by atoms with Crippen LogP contribution in [0.3, 0.4) is 0 Å². The summed E-state index contributed by atoms with van der Waals surface area (Å²) in [5, 5.41) is 2.42. The smallest absolute Gasteiger partial charge is 0.320 e. The Morgan fingerprint density at radius 2 is 1.50 bits per heavy atom. The Labute approximate surface area is 208 Å². The molecule has 2 aromatic rings. The Kier molecular flexibility index (Phi) is 5.53. The lowest BCUT2D eigenvalue weighted by atomic mass is 9.36. The SMILES string of the molecule is C[C@]12CC3C[C@](C)(CC(C(=O)Nc4c(F)c(F)c(C(F)(F)F)c(F)c4F)(C1)[C@H]3c1cccc(Cl)c1)C2. The molecule has 10 heteroatoms. The van der Waals surface area contributed by atoms with Gasteiger partial charge in [0, 0.05) is 10.9 Å². The van der Waals surface area contributed by atoms with E-state index in [4.69, 9.17) is 11.6 Å². The Bertz CT molecular complexity index is 1230. The van der Waals surface area contributed by atoms with Crippen molar-refractivity contribution in [3.8, 4) is 0 Å². The molecule has 0 saturated heterocycles. The van der Waals surface area contributed by atoms with Crippen molar-refractivity contribution in [2.24, 2.45) is 22.2 Å². The van der Waals surface area contributed by atoms with Gasteiger partial charge in [-0.05, 0) is 66.5 Å². The van der Waals surface area contributed by atoms with E-state index in [2.05, 4.69) is 0 Å². The summed E-state index contributed by atoms with van der Waals surface area (Å²) in [6, 6.07) is 6.96. The highest BCUT2D eigenvalue weighted by atomic mass is 35.5. The van der Waals surface area contributed by atoms with Gasteiger partial charge in [-0.15, -0.1) is 0 Å². The number of amides is 1. The van der Waals surface area contributed by atoms with Crippen molar-refractivity contribution in [1.29, 1.82) is 0 Å².